The molecule has 4 unspecified atom stereocenters. The fourth-order valence-corrected chi connectivity index (χ4v) is 11.6. The van der Waals surface area contributed by atoms with Crippen molar-refractivity contribution in [3.63, 3.8) is 0 Å². The first-order chi connectivity index (χ1) is 35.5. The van der Waals surface area contributed by atoms with Crippen LogP contribution >= 0.6 is 0 Å². The molecule has 346 valence electrons. The van der Waals surface area contributed by atoms with Crippen molar-refractivity contribution >= 4 is 34.1 Å². The van der Waals surface area contributed by atoms with Gasteiger partial charge >= 0.3 is 0 Å². The number of ether oxygens (including phenoxy) is 1. The summed E-state index contributed by atoms with van der Waals surface area (Å²) in [5.41, 5.74) is 20.2. The molecule has 0 radical (unpaired) electrons. The van der Waals surface area contributed by atoms with Crippen molar-refractivity contribution in [3.8, 4) is 50.6 Å². The third kappa shape index (κ3) is 6.85. The molecule has 0 N–H and O–H groups in total. The number of anilines is 6. The highest BCUT2D eigenvalue weighted by molar-refractivity contribution is 5.85. The van der Waals surface area contributed by atoms with E-state index in [2.05, 4.69) is 243 Å². The predicted octanol–water partition coefficient (Wildman–Crippen LogP) is 16.9. The lowest BCUT2D eigenvalue weighted by atomic mass is 9.86. The molecule has 10 aromatic rings. The van der Waals surface area contributed by atoms with Crippen LogP contribution in [0.15, 0.2) is 237 Å². The molecule has 0 fully saturated rings. The van der Waals surface area contributed by atoms with Crippen molar-refractivity contribution < 1.29 is 14.4 Å². The lowest BCUT2D eigenvalue weighted by molar-refractivity contribution is 0.234. The molecular formula is C66H49N3O3. The van der Waals surface area contributed by atoms with Gasteiger partial charge in [0.25, 0.3) is 0 Å². The second-order valence-electron chi connectivity index (χ2n) is 19.3. The monoisotopic (exact) mass is 931 g/mol. The number of hydrogen-bond acceptors (Lipinski definition) is 6. The second kappa shape index (κ2) is 16.9. The van der Waals surface area contributed by atoms with Gasteiger partial charge in [-0.15, -0.1) is 0 Å². The molecule has 0 saturated heterocycles. The standard InChI is InChI=1S/C66H49N3O3/c1-42-53-24-12-16-28-60(53)68(51-20-8-4-9-21-51)71-63-34-31-44(39-56(42)63)47-36-48(45-32-35-64-57(40-45)43(2)54-25-13-17-29-61(54)69(72-64)52-22-10-5-11-23-52)38-49(37-47)46-30-33-62-58(41-46)65-55-26-14-15-27-59(55)67(66(65)70-62)50-18-6-3-7-19-50/h3-43,65-66H,1-2H3. The molecule has 0 spiro atoms. The zero-order chi connectivity index (χ0) is 47.9. The second-order valence-corrected chi connectivity index (χ2v) is 19.3. The van der Waals surface area contributed by atoms with E-state index in [4.69, 9.17) is 14.4 Å². The van der Waals surface area contributed by atoms with E-state index in [1.54, 1.807) is 0 Å². The first kappa shape index (κ1) is 41.9. The van der Waals surface area contributed by atoms with Gasteiger partial charge in [-0.3, -0.25) is 0 Å². The maximum atomic E-state index is 6.92. The van der Waals surface area contributed by atoms with Crippen molar-refractivity contribution in [2.24, 2.45) is 0 Å². The lowest BCUT2D eigenvalue weighted by Gasteiger charge is -2.26. The molecular weight excluding hydrogens is 883 g/mol. The van der Waals surface area contributed by atoms with Crippen LogP contribution in [0, 0.1) is 0 Å². The van der Waals surface area contributed by atoms with Gasteiger partial charge in [-0.2, -0.15) is 10.1 Å². The van der Waals surface area contributed by atoms with E-state index >= 15 is 0 Å². The fraction of sp³-hybridized carbons (Fsp3) is 0.0909. The van der Waals surface area contributed by atoms with Crippen molar-refractivity contribution in [2.45, 2.75) is 37.8 Å². The Morgan fingerprint density at radius 2 is 0.694 bits per heavy atom. The molecule has 10 aromatic carbocycles. The number of para-hydroxylation sites is 6. The predicted molar refractivity (Wildman–Crippen MR) is 290 cm³/mol. The summed E-state index contributed by atoms with van der Waals surface area (Å²) in [6.45, 7) is 4.58. The van der Waals surface area contributed by atoms with Crippen LogP contribution in [0.1, 0.15) is 65.0 Å². The Kier molecular flexibility index (Phi) is 9.81. The summed E-state index contributed by atoms with van der Waals surface area (Å²) in [6.07, 6.45) is -0.185. The Hall–Kier alpha value is -9.00. The van der Waals surface area contributed by atoms with Gasteiger partial charge < -0.3 is 19.3 Å². The summed E-state index contributed by atoms with van der Waals surface area (Å²) in [7, 11) is 0. The van der Waals surface area contributed by atoms with Gasteiger partial charge in [0, 0.05) is 39.9 Å². The van der Waals surface area contributed by atoms with Gasteiger partial charge in [0.1, 0.15) is 5.75 Å². The number of fused-ring (bicyclic) bond motifs is 9. The lowest BCUT2D eigenvalue weighted by Crippen LogP contribution is -2.32. The minimum atomic E-state index is -0.185. The van der Waals surface area contributed by atoms with Crippen LogP contribution < -0.4 is 29.4 Å². The minimum Gasteiger partial charge on any atom is -0.469 e. The van der Waals surface area contributed by atoms with Crippen molar-refractivity contribution in [3.05, 3.63) is 270 Å². The van der Waals surface area contributed by atoms with Gasteiger partial charge in [-0.1, -0.05) is 141 Å². The molecule has 4 heterocycles. The van der Waals surface area contributed by atoms with E-state index in [9.17, 15) is 0 Å². The average molecular weight is 932 g/mol. The molecule has 0 amide bonds. The van der Waals surface area contributed by atoms with Crippen molar-refractivity contribution in [1.82, 2.24) is 0 Å². The molecule has 0 bridgehead atoms. The first-order valence-corrected chi connectivity index (χ1v) is 24.9. The fourth-order valence-electron chi connectivity index (χ4n) is 11.6. The zero-order valence-corrected chi connectivity index (χ0v) is 39.9. The van der Waals surface area contributed by atoms with Crippen LogP contribution in [0.25, 0.3) is 33.4 Å². The molecule has 4 aliphatic rings. The smallest absolute Gasteiger partial charge is 0.187 e. The molecule has 72 heavy (non-hydrogen) atoms. The Morgan fingerprint density at radius 3 is 1.18 bits per heavy atom. The highest BCUT2D eigenvalue weighted by Crippen LogP contribution is 2.55. The third-order valence-electron chi connectivity index (χ3n) is 15.2. The third-order valence-corrected chi connectivity index (χ3v) is 15.2. The van der Waals surface area contributed by atoms with Crippen molar-refractivity contribution in [2.75, 3.05) is 15.0 Å². The molecule has 14 rings (SSSR count). The molecule has 6 heteroatoms. The zero-order valence-electron chi connectivity index (χ0n) is 39.9. The van der Waals surface area contributed by atoms with Crippen LogP contribution in [0.3, 0.4) is 0 Å². The van der Waals surface area contributed by atoms with Gasteiger partial charge in [-0.25, -0.2) is 0 Å². The van der Waals surface area contributed by atoms with E-state index < -0.39 is 0 Å². The summed E-state index contributed by atoms with van der Waals surface area (Å²) in [6, 6.07) is 84.5. The Balaban J connectivity index is 0.913. The topological polar surface area (TPSA) is 37.4 Å². The molecule has 4 atom stereocenters. The normalized spacial score (nSPS) is 17.8. The van der Waals surface area contributed by atoms with Crippen LogP contribution in [0.5, 0.6) is 17.2 Å². The summed E-state index contributed by atoms with van der Waals surface area (Å²) in [5, 5.41) is 3.95. The molecule has 4 aliphatic heterocycles. The molecule has 0 aliphatic carbocycles. The quantitative estimate of drug-likeness (QED) is 0.165. The highest BCUT2D eigenvalue weighted by Gasteiger charge is 2.47. The highest BCUT2D eigenvalue weighted by atomic mass is 16.7. The molecule has 6 nitrogen and oxygen atoms in total. The molecule has 0 saturated carbocycles. The van der Waals surface area contributed by atoms with Crippen LogP contribution in [-0.4, -0.2) is 6.23 Å². The Morgan fingerprint density at radius 1 is 0.306 bits per heavy atom. The molecule has 0 aromatic heterocycles. The van der Waals surface area contributed by atoms with E-state index in [1.165, 1.54) is 27.9 Å². The summed E-state index contributed by atoms with van der Waals surface area (Å²) < 4.78 is 6.92. The Labute approximate surface area is 420 Å². The SMILES string of the molecule is CC1c2cc(-c3cc(-c4ccc5c(c4)C(C)c4ccccc4N(c4ccccc4)O5)cc(-c4ccc5c(c4)C4c6ccccc6N(c6ccccc6)C4O5)c3)ccc2ON(c2ccccc2)c2ccccc21. The van der Waals surface area contributed by atoms with E-state index in [1.807, 2.05) is 22.3 Å². The maximum Gasteiger partial charge on any atom is 0.187 e. The van der Waals surface area contributed by atoms with Gasteiger partial charge in [0.15, 0.2) is 17.7 Å². The van der Waals surface area contributed by atoms with E-state index in [0.29, 0.717) is 0 Å². The van der Waals surface area contributed by atoms with E-state index in [-0.39, 0.29) is 24.0 Å². The number of nitrogens with zero attached hydrogens (tertiary/aromatic N) is 3. The summed E-state index contributed by atoms with van der Waals surface area (Å²) >= 11 is 0. The summed E-state index contributed by atoms with van der Waals surface area (Å²) in [5.74, 6) is 2.77. The van der Waals surface area contributed by atoms with Gasteiger partial charge in [0.05, 0.1) is 28.7 Å². The number of benzene rings is 10. The van der Waals surface area contributed by atoms with Crippen LogP contribution in [0.2, 0.25) is 0 Å². The Bertz CT molecular complexity index is 3540. The number of rotatable bonds is 6. The summed E-state index contributed by atoms with van der Waals surface area (Å²) in [4.78, 5) is 16.1. The largest absolute Gasteiger partial charge is 0.469 e. The van der Waals surface area contributed by atoms with Crippen molar-refractivity contribution in [1.29, 1.82) is 0 Å². The van der Waals surface area contributed by atoms with E-state index in [0.717, 1.165) is 90.2 Å². The average Bonchev–Trinajstić information content (AvgIpc) is 3.90. The van der Waals surface area contributed by atoms with Crippen LogP contribution in [0.4, 0.5) is 34.1 Å². The van der Waals surface area contributed by atoms with Crippen LogP contribution in [-0.2, 0) is 0 Å². The first-order valence-electron chi connectivity index (χ1n) is 24.9. The van der Waals surface area contributed by atoms with Gasteiger partial charge in [0.2, 0.25) is 0 Å². The number of hydrogen-bond donors (Lipinski definition) is 0. The van der Waals surface area contributed by atoms with Gasteiger partial charge in [-0.05, 0) is 159 Å². The maximum absolute atomic E-state index is 6.92. The minimum absolute atomic E-state index is 0.0489.